The van der Waals surface area contributed by atoms with Crippen LogP contribution in [0.2, 0.25) is 0 Å². The molecule has 0 aromatic heterocycles. The molecule has 0 saturated carbocycles. The lowest BCUT2D eigenvalue weighted by molar-refractivity contribution is 0.0375. The van der Waals surface area contributed by atoms with E-state index in [1.54, 1.807) is 0 Å². The minimum atomic E-state index is 0.155. The zero-order chi connectivity index (χ0) is 23.0. The number of carbonyl (C=O) groups excluding carboxylic acids is 1. The van der Waals surface area contributed by atoms with E-state index in [0.717, 1.165) is 73.6 Å². The fourth-order valence-corrected chi connectivity index (χ4v) is 4.51. The standard InChI is InChI=1S/C29H34N2O2/c1-30(2)28-21-23(9-8-16-31-17-19-33-20-18-31)14-15-27(28)29(32)22-25-12-6-7-13-26(25)24-10-4-3-5-11-24/h3-7,10-15,21H,8-9,16-20,22H2,1-2H3. The molecule has 4 heteroatoms. The van der Waals surface area contributed by atoms with E-state index in [0.29, 0.717) is 6.42 Å². The van der Waals surface area contributed by atoms with Crippen molar-refractivity contribution in [2.24, 2.45) is 0 Å². The molecule has 0 radical (unpaired) electrons. The highest BCUT2D eigenvalue weighted by molar-refractivity contribution is 6.03. The van der Waals surface area contributed by atoms with Crippen molar-refractivity contribution in [3.8, 4) is 11.1 Å². The van der Waals surface area contributed by atoms with Crippen molar-refractivity contribution < 1.29 is 9.53 Å². The lowest BCUT2D eigenvalue weighted by Crippen LogP contribution is -2.36. The van der Waals surface area contributed by atoms with Gasteiger partial charge >= 0.3 is 0 Å². The first-order chi connectivity index (χ1) is 16.1. The second-order valence-electron chi connectivity index (χ2n) is 8.93. The van der Waals surface area contributed by atoms with Crippen LogP contribution < -0.4 is 4.90 Å². The summed E-state index contributed by atoms with van der Waals surface area (Å²) in [6, 6.07) is 24.8. The summed E-state index contributed by atoms with van der Waals surface area (Å²) in [5.41, 5.74) is 6.41. The molecule has 0 N–H and O–H groups in total. The summed E-state index contributed by atoms with van der Waals surface area (Å²) < 4.78 is 5.44. The minimum Gasteiger partial charge on any atom is -0.379 e. The van der Waals surface area contributed by atoms with Crippen LogP contribution in [-0.2, 0) is 17.6 Å². The van der Waals surface area contributed by atoms with E-state index in [4.69, 9.17) is 4.74 Å². The molecular formula is C29H34N2O2. The molecule has 3 aromatic carbocycles. The van der Waals surface area contributed by atoms with Gasteiger partial charge in [-0.05, 0) is 53.8 Å². The van der Waals surface area contributed by atoms with Gasteiger partial charge in [-0.2, -0.15) is 0 Å². The number of hydrogen-bond acceptors (Lipinski definition) is 4. The van der Waals surface area contributed by atoms with Crippen LogP contribution in [0.1, 0.15) is 27.9 Å². The maximum Gasteiger partial charge on any atom is 0.169 e. The summed E-state index contributed by atoms with van der Waals surface area (Å²) in [6.45, 7) is 4.84. The lowest BCUT2D eigenvalue weighted by atomic mass is 9.93. The monoisotopic (exact) mass is 442 g/mol. The van der Waals surface area contributed by atoms with Crippen molar-refractivity contribution in [1.82, 2.24) is 4.90 Å². The summed E-state index contributed by atoms with van der Waals surface area (Å²) in [6.07, 6.45) is 2.52. The minimum absolute atomic E-state index is 0.155. The topological polar surface area (TPSA) is 32.8 Å². The smallest absolute Gasteiger partial charge is 0.169 e. The molecule has 0 spiro atoms. The third kappa shape index (κ3) is 6.10. The van der Waals surface area contributed by atoms with Crippen molar-refractivity contribution >= 4 is 11.5 Å². The summed E-state index contributed by atoms with van der Waals surface area (Å²) in [4.78, 5) is 17.9. The average Bonchev–Trinajstić information content (AvgIpc) is 2.85. The highest BCUT2D eigenvalue weighted by Gasteiger charge is 2.17. The molecule has 4 rings (SSSR count). The predicted molar refractivity (Wildman–Crippen MR) is 136 cm³/mol. The van der Waals surface area contributed by atoms with Crippen LogP contribution in [0.5, 0.6) is 0 Å². The first-order valence-corrected chi connectivity index (χ1v) is 11.9. The third-order valence-electron chi connectivity index (χ3n) is 6.34. The Bertz CT molecular complexity index is 1060. The molecular weight excluding hydrogens is 408 g/mol. The maximum absolute atomic E-state index is 13.4. The zero-order valence-electron chi connectivity index (χ0n) is 19.8. The first kappa shape index (κ1) is 23.2. The Morgan fingerprint density at radius 2 is 1.67 bits per heavy atom. The summed E-state index contributed by atoms with van der Waals surface area (Å²) >= 11 is 0. The molecule has 1 saturated heterocycles. The van der Waals surface area contributed by atoms with Crippen LogP contribution >= 0.6 is 0 Å². The van der Waals surface area contributed by atoms with E-state index in [-0.39, 0.29) is 5.78 Å². The number of hydrogen-bond donors (Lipinski definition) is 0. The number of benzene rings is 3. The van der Waals surface area contributed by atoms with Crippen LogP contribution in [0.3, 0.4) is 0 Å². The van der Waals surface area contributed by atoms with Gasteiger partial charge in [-0.3, -0.25) is 9.69 Å². The number of morpholine rings is 1. The number of rotatable bonds is 9. The van der Waals surface area contributed by atoms with Gasteiger partial charge in [0.15, 0.2) is 5.78 Å². The lowest BCUT2D eigenvalue weighted by Gasteiger charge is -2.26. The van der Waals surface area contributed by atoms with Gasteiger partial charge in [0, 0.05) is 44.9 Å². The van der Waals surface area contributed by atoms with Gasteiger partial charge in [-0.1, -0.05) is 60.7 Å². The maximum atomic E-state index is 13.4. The third-order valence-corrected chi connectivity index (χ3v) is 6.34. The van der Waals surface area contributed by atoms with E-state index in [1.807, 2.05) is 50.5 Å². The van der Waals surface area contributed by atoms with E-state index in [1.165, 1.54) is 5.56 Å². The highest BCUT2D eigenvalue weighted by atomic mass is 16.5. The summed E-state index contributed by atoms with van der Waals surface area (Å²) in [7, 11) is 4.03. The first-order valence-electron chi connectivity index (χ1n) is 11.9. The Morgan fingerprint density at radius 1 is 0.939 bits per heavy atom. The fraction of sp³-hybridized carbons (Fsp3) is 0.345. The van der Waals surface area contributed by atoms with Gasteiger partial charge in [0.05, 0.1) is 13.2 Å². The van der Waals surface area contributed by atoms with Crippen molar-refractivity contribution in [3.63, 3.8) is 0 Å². The molecule has 0 atom stereocenters. The molecule has 0 unspecified atom stereocenters. The number of Topliss-reactive ketones (excluding diaryl/α,β-unsaturated/α-hetero) is 1. The molecule has 1 heterocycles. The largest absolute Gasteiger partial charge is 0.379 e. The Balaban J connectivity index is 1.47. The van der Waals surface area contributed by atoms with Crippen LogP contribution in [0, 0.1) is 0 Å². The number of anilines is 1. The second kappa shape index (κ2) is 11.3. The molecule has 1 aliphatic rings. The average molecular weight is 443 g/mol. The number of carbonyl (C=O) groups is 1. The number of nitrogens with zero attached hydrogens (tertiary/aromatic N) is 2. The molecule has 0 amide bonds. The molecule has 1 aliphatic heterocycles. The number of aryl methyl sites for hydroxylation is 1. The second-order valence-corrected chi connectivity index (χ2v) is 8.93. The van der Waals surface area contributed by atoms with Crippen molar-refractivity contribution in [3.05, 3.63) is 89.5 Å². The molecule has 33 heavy (non-hydrogen) atoms. The Hall–Kier alpha value is -2.95. The zero-order valence-corrected chi connectivity index (χ0v) is 19.8. The molecule has 4 nitrogen and oxygen atoms in total. The fourth-order valence-electron chi connectivity index (χ4n) is 4.51. The van der Waals surface area contributed by atoms with Crippen molar-refractivity contribution in [1.29, 1.82) is 0 Å². The highest BCUT2D eigenvalue weighted by Crippen LogP contribution is 2.27. The van der Waals surface area contributed by atoms with E-state index in [9.17, 15) is 4.79 Å². The number of ether oxygens (including phenoxy) is 1. The Labute approximate surface area is 197 Å². The SMILES string of the molecule is CN(C)c1cc(CCCN2CCOCC2)ccc1C(=O)Cc1ccccc1-c1ccccc1. The van der Waals surface area contributed by atoms with Gasteiger partial charge in [0.1, 0.15) is 0 Å². The normalized spacial score (nSPS) is 14.2. The van der Waals surface area contributed by atoms with Gasteiger partial charge in [0.25, 0.3) is 0 Å². The van der Waals surface area contributed by atoms with Crippen LogP contribution in [-0.4, -0.2) is 57.6 Å². The van der Waals surface area contributed by atoms with Gasteiger partial charge in [-0.15, -0.1) is 0 Å². The molecule has 0 bridgehead atoms. The Morgan fingerprint density at radius 3 is 2.42 bits per heavy atom. The molecule has 3 aromatic rings. The number of ketones is 1. The van der Waals surface area contributed by atoms with Crippen LogP contribution in [0.25, 0.3) is 11.1 Å². The molecule has 1 fully saturated rings. The summed E-state index contributed by atoms with van der Waals surface area (Å²) in [5, 5.41) is 0. The quantitative estimate of drug-likeness (QED) is 0.431. The Kier molecular flexibility index (Phi) is 7.92. The van der Waals surface area contributed by atoms with Gasteiger partial charge in [0.2, 0.25) is 0 Å². The van der Waals surface area contributed by atoms with Gasteiger partial charge < -0.3 is 9.64 Å². The van der Waals surface area contributed by atoms with Crippen molar-refractivity contribution in [2.45, 2.75) is 19.3 Å². The van der Waals surface area contributed by atoms with E-state index < -0.39 is 0 Å². The summed E-state index contributed by atoms with van der Waals surface area (Å²) in [5.74, 6) is 0.155. The van der Waals surface area contributed by atoms with E-state index in [2.05, 4.69) is 46.2 Å². The molecule has 172 valence electrons. The van der Waals surface area contributed by atoms with Crippen LogP contribution in [0.4, 0.5) is 5.69 Å². The van der Waals surface area contributed by atoms with Crippen molar-refractivity contribution in [2.75, 3.05) is 51.8 Å². The van der Waals surface area contributed by atoms with Gasteiger partial charge in [-0.25, -0.2) is 0 Å². The van der Waals surface area contributed by atoms with E-state index >= 15 is 0 Å². The molecule has 0 aliphatic carbocycles. The van der Waals surface area contributed by atoms with Crippen LogP contribution in [0.15, 0.2) is 72.8 Å². The predicted octanol–water partition coefficient (Wildman–Crippen LogP) is 5.11.